The molecule has 0 radical (unpaired) electrons. The molecule has 5 unspecified atom stereocenters. The van der Waals surface area contributed by atoms with E-state index in [1.807, 2.05) is 0 Å². The van der Waals surface area contributed by atoms with Crippen LogP contribution in [0.15, 0.2) is 11.6 Å². The summed E-state index contributed by atoms with van der Waals surface area (Å²) in [6.07, 6.45) is 6.80. The van der Waals surface area contributed by atoms with Gasteiger partial charge in [-0.1, -0.05) is 46.3 Å². The van der Waals surface area contributed by atoms with E-state index >= 15 is 0 Å². The van der Waals surface area contributed by atoms with Crippen LogP contribution in [0, 0.1) is 29.1 Å². The second-order valence-electron chi connectivity index (χ2n) is 6.46. The molecule has 2 aliphatic carbocycles. The van der Waals surface area contributed by atoms with Crippen LogP contribution < -0.4 is 0 Å². The topological polar surface area (TPSA) is 0 Å². The lowest BCUT2D eigenvalue weighted by Crippen LogP contribution is -2.41. The van der Waals surface area contributed by atoms with Gasteiger partial charge in [0.15, 0.2) is 0 Å². The molecular weight excluding hydrogens is 180 g/mol. The van der Waals surface area contributed by atoms with Crippen molar-refractivity contribution in [2.45, 2.75) is 53.9 Å². The second-order valence-corrected chi connectivity index (χ2v) is 6.46. The first kappa shape index (κ1) is 11.2. The highest BCUT2D eigenvalue weighted by Gasteiger charge is 2.44. The highest BCUT2D eigenvalue weighted by atomic mass is 14.5. The van der Waals surface area contributed by atoms with Crippen molar-refractivity contribution in [3.05, 3.63) is 11.6 Å². The summed E-state index contributed by atoms with van der Waals surface area (Å²) < 4.78 is 0. The molecular formula is C15H26. The molecule has 1 saturated carbocycles. The summed E-state index contributed by atoms with van der Waals surface area (Å²) in [6, 6.07) is 0. The second kappa shape index (κ2) is 3.64. The molecule has 0 saturated heterocycles. The fourth-order valence-corrected chi connectivity index (χ4v) is 3.70. The maximum Gasteiger partial charge on any atom is -0.00877 e. The van der Waals surface area contributed by atoms with Crippen molar-refractivity contribution in [1.82, 2.24) is 0 Å². The zero-order valence-electron chi connectivity index (χ0n) is 11.0. The van der Waals surface area contributed by atoms with E-state index in [1.54, 1.807) is 5.57 Å². The van der Waals surface area contributed by atoms with Crippen LogP contribution in [0.4, 0.5) is 0 Å². The van der Waals surface area contributed by atoms with Gasteiger partial charge in [0, 0.05) is 0 Å². The Morgan fingerprint density at radius 2 is 1.87 bits per heavy atom. The smallest absolute Gasteiger partial charge is 0.00877 e. The van der Waals surface area contributed by atoms with Crippen LogP contribution in [-0.2, 0) is 0 Å². The van der Waals surface area contributed by atoms with E-state index in [4.69, 9.17) is 0 Å². The first-order valence-corrected chi connectivity index (χ1v) is 6.66. The number of hydrogen-bond donors (Lipinski definition) is 0. The zero-order valence-corrected chi connectivity index (χ0v) is 11.0. The zero-order chi connectivity index (χ0) is 11.2. The van der Waals surface area contributed by atoms with Crippen molar-refractivity contribution in [3.63, 3.8) is 0 Å². The van der Waals surface area contributed by atoms with Crippen molar-refractivity contribution >= 4 is 0 Å². The Labute approximate surface area is 95.1 Å². The number of fused-ring (bicyclic) bond motifs is 1. The minimum atomic E-state index is 0.526. The molecule has 0 nitrogen and oxygen atoms in total. The summed E-state index contributed by atoms with van der Waals surface area (Å²) in [5, 5.41) is 0. The van der Waals surface area contributed by atoms with Gasteiger partial charge in [-0.25, -0.2) is 0 Å². The number of rotatable bonds is 0. The van der Waals surface area contributed by atoms with E-state index in [2.05, 4.69) is 40.7 Å². The van der Waals surface area contributed by atoms with Crippen molar-refractivity contribution in [2.75, 3.05) is 0 Å². The van der Waals surface area contributed by atoms with Gasteiger partial charge >= 0.3 is 0 Å². The van der Waals surface area contributed by atoms with E-state index < -0.39 is 0 Å². The van der Waals surface area contributed by atoms with Crippen LogP contribution in [0.3, 0.4) is 0 Å². The van der Waals surface area contributed by atoms with E-state index in [1.165, 1.54) is 19.3 Å². The molecule has 0 aromatic heterocycles. The van der Waals surface area contributed by atoms with Gasteiger partial charge in [0.2, 0.25) is 0 Å². The molecule has 5 atom stereocenters. The molecule has 0 heteroatoms. The largest absolute Gasteiger partial charge is 0.0816 e. The third-order valence-electron chi connectivity index (χ3n) is 5.55. The van der Waals surface area contributed by atoms with E-state index in [0.29, 0.717) is 5.41 Å². The van der Waals surface area contributed by atoms with Crippen molar-refractivity contribution in [2.24, 2.45) is 29.1 Å². The van der Waals surface area contributed by atoms with Gasteiger partial charge < -0.3 is 0 Å². The van der Waals surface area contributed by atoms with E-state index in [9.17, 15) is 0 Å². The van der Waals surface area contributed by atoms with Gasteiger partial charge in [-0.15, -0.1) is 0 Å². The molecule has 0 aliphatic heterocycles. The molecule has 0 heterocycles. The Hall–Kier alpha value is -0.260. The number of hydrogen-bond acceptors (Lipinski definition) is 0. The summed E-state index contributed by atoms with van der Waals surface area (Å²) in [6.45, 7) is 12.2. The molecule has 2 aliphatic rings. The maximum absolute atomic E-state index is 2.60. The van der Waals surface area contributed by atoms with Crippen LogP contribution >= 0.6 is 0 Å². The quantitative estimate of drug-likeness (QED) is 0.506. The predicted molar refractivity (Wildman–Crippen MR) is 66.7 cm³/mol. The third kappa shape index (κ3) is 1.66. The Morgan fingerprint density at radius 3 is 2.53 bits per heavy atom. The Balaban J connectivity index is 2.34. The Bertz CT molecular complexity index is 276. The van der Waals surface area contributed by atoms with Gasteiger partial charge in [0.1, 0.15) is 0 Å². The first-order valence-electron chi connectivity index (χ1n) is 6.66. The fourth-order valence-electron chi connectivity index (χ4n) is 3.70. The van der Waals surface area contributed by atoms with Gasteiger partial charge in [-0.2, -0.15) is 0 Å². The molecule has 2 rings (SSSR count). The molecule has 0 aromatic rings. The third-order valence-corrected chi connectivity index (χ3v) is 5.55. The fraction of sp³-hybridized carbons (Fsp3) is 0.867. The molecule has 1 fully saturated rings. The van der Waals surface area contributed by atoms with Crippen LogP contribution in [-0.4, -0.2) is 0 Å². The maximum atomic E-state index is 2.60. The molecule has 15 heavy (non-hydrogen) atoms. The van der Waals surface area contributed by atoms with Crippen LogP contribution in [0.25, 0.3) is 0 Å². The van der Waals surface area contributed by atoms with E-state index in [0.717, 1.165) is 23.7 Å². The normalized spacial score (nSPS) is 50.9. The molecule has 0 spiro atoms. The lowest BCUT2D eigenvalue weighted by molar-refractivity contribution is 0.0955. The predicted octanol–water partition coefficient (Wildman–Crippen LogP) is 4.66. The average molecular weight is 206 g/mol. The van der Waals surface area contributed by atoms with Crippen LogP contribution in [0.5, 0.6) is 0 Å². The summed E-state index contributed by atoms with van der Waals surface area (Å²) in [5.41, 5.74) is 2.30. The minimum Gasteiger partial charge on any atom is -0.0816 e. The summed E-state index contributed by atoms with van der Waals surface area (Å²) in [7, 11) is 0. The minimum absolute atomic E-state index is 0.526. The summed E-state index contributed by atoms with van der Waals surface area (Å²) in [5.74, 6) is 3.41. The monoisotopic (exact) mass is 206 g/mol. The van der Waals surface area contributed by atoms with Gasteiger partial charge in [-0.05, 0) is 48.3 Å². The number of allylic oxidation sites excluding steroid dienone is 2. The first-order chi connectivity index (χ1) is 6.95. The average Bonchev–Trinajstić information content (AvgIpc) is 2.19. The van der Waals surface area contributed by atoms with Crippen molar-refractivity contribution < 1.29 is 0 Å². The summed E-state index contributed by atoms with van der Waals surface area (Å²) >= 11 is 0. The van der Waals surface area contributed by atoms with Crippen molar-refractivity contribution in [3.8, 4) is 0 Å². The Kier molecular flexibility index (Phi) is 2.73. The SMILES string of the molecule is CC1CCC2(C)C(=CC(C)C(C)C2C)C1. The molecule has 86 valence electrons. The van der Waals surface area contributed by atoms with Crippen LogP contribution in [0.1, 0.15) is 53.9 Å². The summed E-state index contributed by atoms with van der Waals surface area (Å²) in [4.78, 5) is 0. The van der Waals surface area contributed by atoms with Gasteiger partial charge in [0.05, 0.1) is 0 Å². The van der Waals surface area contributed by atoms with Gasteiger partial charge in [0.25, 0.3) is 0 Å². The standard InChI is InChI=1S/C15H26/c1-10-6-7-15(5)13(4)12(3)11(2)9-14(15)8-10/h9-13H,6-8H2,1-5H3. The lowest BCUT2D eigenvalue weighted by atomic mass is 9.55. The molecule has 0 amide bonds. The lowest BCUT2D eigenvalue weighted by Gasteiger charge is -2.50. The van der Waals surface area contributed by atoms with Crippen molar-refractivity contribution in [1.29, 1.82) is 0 Å². The molecule has 0 N–H and O–H groups in total. The van der Waals surface area contributed by atoms with Gasteiger partial charge in [-0.3, -0.25) is 0 Å². The molecule has 0 aromatic carbocycles. The highest BCUT2D eigenvalue weighted by molar-refractivity contribution is 5.23. The van der Waals surface area contributed by atoms with Crippen LogP contribution in [0.2, 0.25) is 0 Å². The van der Waals surface area contributed by atoms with E-state index in [-0.39, 0.29) is 0 Å². The Morgan fingerprint density at radius 1 is 1.20 bits per heavy atom. The highest BCUT2D eigenvalue weighted by Crippen LogP contribution is 2.54. The molecule has 0 bridgehead atoms.